The number of hydrogen-bond donors (Lipinski definition) is 2. The fourth-order valence-corrected chi connectivity index (χ4v) is 1.91. The van der Waals surface area contributed by atoms with Crippen LogP contribution < -0.4 is 5.32 Å². The molecule has 2 N–H and O–H groups in total. The fraction of sp³-hybridized carbons (Fsp3) is 0.800. The van der Waals surface area contributed by atoms with Crippen LogP contribution in [0.2, 0.25) is 0 Å². The van der Waals surface area contributed by atoms with Crippen LogP contribution in [0.15, 0.2) is 0 Å². The molecule has 1 saturated carbocycles. The Balaban J connectivity index is 2.20. The van der Waals surface area contributed by atoms with Crippen LogP contribution in [0.25, 0.3) is 0 Å². The molecule has 0 radical (unpaired) electrons. The van der Waals surface area contributed by atoms with Gasteiger partial charge in [-0.2, -0.15) is 0 Å². The van der Waals surface area contributed by atoms with Gasteiger partial charge in [0.25, 0.3) is 0 Å². The van der Waals surface area contributed by atoms with Crippen LogP contribution in [0.5, 0.6) is 0 Å². The Kier molecular flexibility index (Phi) is 4.39. The first kappa shape index (κ1) is 11.8. The summed E-state index contributed by atoms with van der Waals surface area (Å²) >= 11 is 0. The minimum absolute atomic E-state index is 0.195. The molecule has 5 nitrogen and oxygen atoms in total. The van der Waals surface area contributed by atoms with Gasteiger partial charge in [-0.05, 0) is 31.6 Å². The molecule has 0 bridgehead atoms. The van der Waals surface area contributed by atoms with Crippen LogP contribution in [-0.4, -0.2) is 30.8 Å². The van der Waals surface area contributed by atoms with Crippen LogP contribution in [0, 0.1) is 11.8 Å². The number of amides is 1. The lowest BCUT2D eigenvalue weighted by molar-refractivity contribution is -0.143. The number of nitrogens with one attached hydrogen (secondary N) is 1. The second kappa shape index (κ2) is 5.58. The number of alkyl carbamates (subject to hydrolysis) is 1. The van der Waals surface area contributed by atoms with Gasteiger partial charge in [0, 0.05) is 6.54 Å². The smallest absolute Gasteiger partial charge is 0.406 e. The maximum atomic E-state index is 10.8. The molecule has 0 aromatic carbocycles. The zero-order chi connectivity index (χ0) is 11.3. The summed E-state index contributed by atoms with van der Waals surface area (Å²) in [5.41, 5.74) is 0. The SMILES string of the molecule is COC(=O)NCC1CCC(C(=O)O)CC1. The van der Waals surface area contributed by atoms with E-state index < -0.39 is 12.1 Å². The summed E-state index contributed by atoms with van der Waals surface area (Å²) in [4.78, 5) is 21.5. The number of rotatable bonds is 3. The lowest BCUT2D eigenvalue weighted by Gasteiger charge is -2.25. The molecule has 1 rings (SSSR count). The van der Waals surface area contributed by atoms with Gasteiger partial charge in [0.2, 0.25) is 0 Å². The summed E-state index contributed by atoms with van der Waals surface area (Å²) in [6, 6.07) is 0. The van der Waals surface area contributed by atoms with Gasteiger partial charge in [0.1, 0.15) is 0 Å². The second-order valence-electron chi connectivity index (χ2n) is 3.93. The number of aliphatic carboxylic acids is 1. The van der Waals surface area contributed by atoms with E-state index in [1.165, 1.54) is 7.11 Å². The summed E-state index contributed by atoms with van der Waals surface area (Å²) in [6.45, 7) is 0.582. The van der Waals surface area contributed by atoms with Gasteiger partial charge in [-0.15, -0.1) is 0 Å². The van der Waals surface area contributed by atoms with Gasteiger partial charge in [-0.3, -0.25) is 4.79 Å². The summed E-state index contributed by atoms with van der Waals surface area (Å²) in [7, 11) is 1.33. The largest absolute Gasteiger partial charge is 0.481 e. The van der Waals surface area contributed by atoms with Crippen LogP contribution in [0.4, 0.5) is 4.79 Å². The number of carboxylic acid groups (broad SMARTS) is 1. The molecule has 0 aliphatic heterocycles. The third-order valence-electron chi connectivity index (χ3n) is 2.92. The summed E-state index contributed by atoms with van der Waals surface area (Å²) < 4.78 is 4.46. The normalized spacial score (nSPS) is 25.7. The van der Waals surface area contributed by atoms with Crippen molar-refractivity contribution in [3.8, 4) is 0 Å². The van der Waals surface area contributed by atoms with E-state index in [4.69, 9.17) is 5.11 Å². The highest BCUT2D eigenvalue weighted by Gasteiger charge is 2.25. The molecule has 1 aliphatic carbocycles. The standard InChI is InChI=1S/C10H17NO4/c1-15-10(14)11-6-7-2-4-8(5-3-7)9(12)13/h7-8H,2-6H2,1H3,(H,11,14)(H,12,13). The Morgan fingerprint density at radius 1 is 1.33 bits per heavy atom. The Hall–Kier alpha value is -1.26. The Labute approximate surface area is 88.8 Å². The number of hydrogen-bond acceptors (Lipinski definition) is 3. The van der Waals surface area contributed by atoms with E-state index in [0.717, 1.165) is 12.8 Å². The third-order valence-corrected chi connectivity index (χ3v) is 2.92. The van der Waals surface area contributed by atoms with E-state index in [1.54, 1.807) is 0 Å². The molecule has 1 amide bonds. The number of carbonyl (C=O) groups excluding carboxylic acids is 1. The zero-order valence-electron chi connectivity index (χ0n) is 8.86. The maximum absolute atomic E-state index is 10.8. The average molecular weight is 215 g/mol. The van der Waals surface area contributed by atoms with Crippen molar-refractivity contribution < 1.29 is 19.4 Å². The summed E-state index contributed by atoms with van der Waals surface area (Å²) in [5, 5.41) is 11.4. The first-order valence-corrected chi connectivity index (χ1v) is 5.18. The van der Waals surface area contributed by atoms with Crippen molar-refractivity contribution in [2.24, 2.45) is 11.8 Å². The Morgan fingerprint density at radius 2 is 1.93 bits per heavy atom. The van der Waals surface area contributed by atoms with Crippen LogP contribution in [0.3, 0.4) is 0 Å². The molecule has 5 heteroatoms. The van der Waals surface area contributed by atoms with E-state index in [9.17, 15) is 9.59 Å². The number of carboxylic acids is 1. The van der Waals surface area contributed by atoms with E-state index in [-0.39, 0.29) is 5.92 Å². The van der Waals surface area contributed by atoms with E-state index >= 15 is 0 Å². The van der Waals surface area contributed by atoms with Gasteiger partial charge < -0.3 is 15.2 Å². The Morgan fingerprint density at radius 3 is 2.40 bits per heavy atom. The van der Waals surface area contributed by atoms with Crippen molar-refractivity contribution in [3.63, 3.8) is 0 Å². The molecule has 86 valence electrons. The highest BCUT2D eigenvalue weighted by molar-refractivity contribution is 5.70. The van der Waals surface area contributed by atoms with Crippen molar-refractivity contribution in [1.82, 2.24) is 5.32 Å². The molecule has 0 atom stereocenters. The number of methoxy groups -OCH3 is 1. The highest BCUT2D eigenvalue weighted by atomic mass is 16.5. The van der Waals surface area contributed by atoms with Crippen molar-refractivity contribution >= 4 is 12.1 Å². The molecule has 0 aromatic heterocycles. The van der Waals surface area contributed by atoms with Crippen molar-refractivity contribution in [2.75, 3.05) is 13.7 Å². The molecule has 0 aromatic rings. The monoisotopic (exact) mass is 215 g/mol. The average Bonchev–Trinajstić information content (AvgIpc) is 2.26. The van der Waals surface area contributed by atoms with Crippen LogP contribution in [0.1, 0.15) is 25.7 Å². The molecule has 1 aliphatic rings. The molecule has 0 spiro atoms. The lowest BCUT2D eigenvalue weighted by Crippen LogP contribution is -2.32. The molecule has 0 heterocycles. The van der Waals surface area contributed by atoms with Gasteiger partial charge in [0.05, 0.1) is 13.0 Å². The van der Waals surface area contributed by atoms with E-state index in [0.29, 0.717) is 25.3 Å². The molecule has 0 unspecified atom stereocenters. The molecular formula is C10H17NO4. The third kappa shape index (κ3) is 3.77. The maximum Gasteiger partial charge on any atom is 0.406 e. The lowest BCUT2D eigenvalue weighted by atomic mass is 9.82. The quantitative estimate of drug-likeness (QED) is 0.742. The molecule has 15 heavy (non-hydrogen) atoms. The molecular weight excluding hydrogens is 198 g/mol. The zero-order valence-corrected chi connectivity index (χ0v) is 8.86. The number of ether oxygens (including phenoxy) is 1. The molecule has 1 fully saturated rings. The van der Waals surface area contributed by atoms with Gasteiger partial charge >= 0.3 is 12.1 Å². The molecule has 0 saturated heterocycles. The first-order chi connectivity index (χ1) is 7.13. The predicted octanol–water partition coefficient (Wildman–Crippen LogP) is 1.23. The van der Waals surface area contributed by atoms with Gasteiger partial charge in [-0.25, -0.2) is 4.79 Å². The summed E-state index contributed by atoms with van der Waals surface area (Å²) in [6.07, 6.45) is 2.73. The fourth-order valence-electron chi connectivity index (χ4n) is 1.91. The van der Waals surface area contributed by atoms with Crippen molar-refractivity contribution in [2.45, 2.75) is 25.7 Å². The van der Waals surface area contributed by atoms with E-state index in [1.807, 2.05) is 0 Å². The second-order valence-corrected chi connectivity index (χ2v) is 3.93. The minimum Gasteiger partial charge on any atom is -0.481 e. The first-order valence-electron chi connectivity index (χ1n) is 5.18. The Bertz CT molecular complexity index is 234. The minimum atomic E-state index is -0.700. The predicted molar refractivity (Wildman–Crippen MR) is 53.5 cm³/mol. The number of carbonyl (C=O) groups is 2. The van der Waals surface area contributed by atoms with Crippen LogP contribution in [-0.2, 0) is 9.53 Å². The van der Waals surface area contributed by atoms with Crippen molar-refractivity contribution in [3.05, 3.63) is 0 Å². The topological polar surface area (TPSA) is 75.6 Å². The van der Waals surface area contributed by atoms with Gasteiger partial charge in [-0.1, -0.05) is 0 Å². The van der Waals surface area contributed by atoms with Crippen molar-refractivity contribution in [1.29, 1.82) is 0 Å². The van der Waals surface area contributed by atoms with E-state index in [2.05, 4.69) is 10.1 Å². The van der Waals surface area contributed by atoms with Gasteiger partial charge in [0.15, 0.2) is 0 Å². The van der Waals surface area contributed by atoms with Crippen LogP contribution >= 0.6 is 0 Å². The highest BCUT2D eigenvalue weighted by Crippen LogP contribution is 2.28. The summed E-state index contributed by atoms with van der Waals surface area (Å²) in [5.74, 6) is -0.506.